The Morgan fingerprint density at radius 2 is 2.00 bits per heavy atom. The molecule has 16 heavy (non-hydrogen) atoms. The number of benzene rings is 1. The van der Waals surface area contributed by atoms with Crippen LogP contribution in [0.4, 0.5) is 4.79 Å². The van der Waals surface area contributed by atoms with Crippen LogP contribution in [0.25, 0.3) is 0 Å². The molecule has 0 radical (unpaired) electrons. The van der Waals surface area contributed by atoms with E-state index in [0.29, 0.717) is 12.3 Å². The van der Waals surface area contributed by atoms with E-state index in [4.69, 9.17) is 9.47 Å². The van der Waals surface area contributed by atoms with Crippen molar-refractivity contribution < 1.29 is 14.3 Å². The van der Waals surface area contributed by atoms with Gasteiger partial charge in [0.25, 0.3) is 0 Å². The molecule has 0 unspecified atom stereocenters. The van der Waals surface area contributed by atoms with E-state index >= 15 is 0 Å². The Bertz CT molecular complexity index is 370. The normalized spacial score (nSPS) is 9.38. The first-order valence-electron chi connectivity index (χ1n) is 4.86. The van der Waals surface area contributed by atoms with Crippen LogP contribution < -0.4 is 10.1 Å². The number of nitrogens with one attached hydrogen (secondary N) is 1. The molecule has 1 aromatic rings. The highest BCUT2D eigenvalue weighted by Gasteiger charge is 2.01. The van der Waals surface area contributed by atoms with Crippen molar-refractivity contribution >= 4 is 6.09 Å². The SMILES string of the molecule is C=C(C)OC(=O)NCc1ccc(OC)cc1. The first-order valence-corrected chi connectivity index (χ1v) is 4.86. The number of carbonyl (C=O) groups is 1. The van der Waals surface area contributed by atoms with Crippen molar-refractivity contribution in [3.8, 4) is 5.75 Å². The molecule has 0 heterocycles. The number of allylic oxidation sites excluding steroid dienone is 1. The standard InChI is InChI=1S/C12H15NO3/c1-9(2)16-12(14)13-8-10-4-6-11(15-3)7-5-10/h4-7H,1,8H2,2-3H3,(H,13,14). The van der Waals surface area contributed by atoms with Crippen LogP contribution in [0, 0.1) is 0 Å². The van der Waals surface area contributed by atoms with E-state index in [9.17, 15) is 4.79 Å². The molecular formula is C12H15NO3. The van der Waals surface area contributed by atoms with Crippen LogP contribution in [0.1, 0.15) is 12.5 Å². The second-order valence-corrected chi connectivity index (χ2v) is 3.29. The minimum absolute atomic E-state index is 0.368. The molecule has 0 aliphatic rings. The van der Waals surface area contributed by atoms with Gasteiger partial charge in [-0.3, -0.25) is 0 Å². The van der Waals surface area contributed by atoms with Gasteiger partial charge in [-0.15, -0.1) is 0 Å². The van der Waals surface area contributed by atoms with Gasteiger partial charge in [0.2, 0.25) is 0 Å². The Hall–Kier alpha value is -1.97. The quantitative estimate of drug-likeness (QED) is 0.794. The maximum absolute atomic E-state index is 11.1. The zero-order valence-electron chi connectivity index (χ0n) is 9.45. The first-order chi connectivity index (χ1) is 7.61. The zero-order valence-corrected chi connectivity index (χ0v) is 9.45. The third-order valence-electron chi connectivity index (χ3n) is 1.86. The molecule has 0 aliphatic heterocycles. The summed E-state index contributed by atoms with van der Waals surface area (Å²) in [7, 11) is 1.61. The lowest BCUT2D eigenvalue weighted by Gasteiger charge is -2.06. The van der Waals surface area contributed by atoms with Gasteiger partial charge in [0, 0.05) is 6.54 Å². The molecule has 86 valence electrons. The summed E-state index contributed by atoms with van der Waals surface area (Å²) < 4.78 is 9.77. The molecule has 4 heteroatoms. The van der Waals surface area contributed by atoms with Crippen LogP contribution in [0.15, 0.2) is 36.6 Å². The highest BCUT2D eigenvalue weighted by Crippen LogP contribution is 2.10. The number of ether oxygens (including phenoxy) is 2. The fourth-order valence-corrected chi connectivity index (χ4v) is 1.11. The Balaban J connectivity index is 2.42. The zero-order chi connectivity index (χ0) is 12.0. The molecule has 0 saturated carbocycles. The van der Waals surface area contributed by atoms with Gasteiger partial charge in [0.1, 0.15) is 5.75 Å². The van der Waals surface area contributed by atoms with E-state index < -0.39 is 6.09 Å². The summed E-state index contributed by atoms with van der Waals surface area (Å²) in [4.78, 5) is 11.1. The van der Waals surface area contributed by atoms with Crippen molar-refractivity contribution in [1.29, 1.82) is 0 Å². The molecule has 4 nitrogen and oxygen atoms in total. The van der Waals surface area contributed by atoms with Crippen LogP contribution in [-0.4, -0.2) is 13.2 Å². The third-order valence-corrected chi connectivity index (χ3v) is 1.86. The topological polar surface area (TPSA) is 47.6 Å². The lowest BCUT2D eigenvalue weighted by molar-refractivity contribution is 0.176. The van der Waals surface area contributed by atoms with Crippen LogP contribution in [0.3, 0.4) is 0 Å². The molecule has 0 bridgehead atoms. The minimum atomic E-state index is -0.497. The van der Waals surface area contributed by atoms with E-state index in [0.717, 1.165) is 11.3 Å². The summed E-state index contributed by atoms with van der Waals surface area (Å²) >= 11 is 0. The van der Waals surface area contributed by atoms with Gasteiger partial charge in [-0.25, -0.2) is 4.79 Å². The van der Waals surface area contributed by atoms with Crippen molar-refractivity contribution in [2.75, 3.05) is 7.11 Å². The van der Waals surface area contributed by atoms with Crippen LogP contribution >= 0.6 is 0 Å². The van der Waals surface area contributed by atoms with E-state index in [1.54, 1.807) is 14.0 Å². The molecule has 1 amide bonds. The number of amides is 1. The Morgan fingerprint density at radius 3 is 2.50 bits per heavy atom. The molecule has 1 N–H and O–H groups in total. The van der Waals surface area contributed by atoms with E-state index in [-0.39, 0.29) is 0 Å². The Kier molecular flexibility index (Phi) is 4.39. The number of carbonyl (C=O) groups excluding carboxylic acids is 1. The largest absolute Gasteiger partial charge is 0.497 e. The van der Waals surface area contributed by atoms with Crippen LogP contribution in [0.2, 0.25) is 0 Å². The molecule has 1 aromatic carbocycles. The second-order valence-electron chi connectivity index (χ2n) is 3.29. The number of methoxy groups -OCH3 is 1. The minimum Gasteiger partial charge on any atom is -0.497 e. The van der Waals surface area contributed by atoms with E-state index in [1.807, 2.05) is 24.3 Å². The van der Waals surface area contributed by atoms with Crippen molar-refractivity contribution in [3.05, 3.63) is 42.2 Å². The molecule has 1 rings (SSSR count). The van der Waals surface area contributed by atoms with Gasteiger partial charge in [0.15, 0.2) is 0 Å². The van der Waals surface area contributed by atoms with E-state index in [1.165, 1.54) is 0 Å². The number of hydrogen-bond acceptors (Lipinski definition) is 3. The second kappa shape index (κ2) is 5.80. The summed E-state index contributed by atoms with van der Waals surface area (Å²) in [6.07, 6.45) is -0.497. The van der Waals surface area contributed by atoms with Crippen LogP contribution in [0.5, 0.6) is 5.75 Å². The Morgan fingerprint density at radius 1 is 1.38 bits per heavy atom. The van der Waals surface area contributed by atoms with Crippen molar-refractivity contribution in [2.45, 2.75) is 13.5 Å². The third kappa shape index (κ3) is 4.04. The summed E-state index contributed by atoms with van der Waals surface area (Å²) in [6.45, 7) is 5.50. The molecule has 0 fully saturated rings. The summed E-state index contributed by atoms with van der Waals surface area (Å²) in [5.74, 6) is 1.15. The predicted molar refractivity (Wildman–Crippen MR) is 61.1 cm³/mol. The van der Waals surface area contributed by atoms with Gasteiger partial charge >= 0.3 is 6.09 Å². The van der Waals surface area contributed by atoms with Crippen molar-refractivity contribution in [3.63, 3.8) is 0 Å². The average Bonchev–Trinajstić information content (AvgIpc) is 2.26. The smallest absolute Gasteiger partial charge is 0.412 e. The summed E-state index contributed by atoms with van der Waals surface area (Å²) in [6, 6.07) is 7.42. The van der Waals surface area contributed by atoms with Crippen molar-refractivity contribution in [2.24, 2.45) is 0 Å². The maximum Gasteiger partial charge on any atom is 0.412 e. The van der Waals surface area contributed by atoms with Gasteiger partial charge in [-0.1, -0.05) is 18.7 Å². The van der Waals surface area contributed by atoms with E-state index in [2.05, 4.69) is 11.9 Å². The molecule has 0 atom stereocenters. The van der Waals surface area contributed by atoms with Gasteiger partial charge in [-0.05, 0) is 24.6 Å². The maximum atomic E-state index is 11.1. The van der Waals surface area contributed by atoms with Crippen molar-refractivity contribution in [1.82, 2.24) is 5.32 Å². The molecule has 0 aromatic heterocycles. The van der Waals surface area contributed by atoms with Gasteiger partial charge in [0.05, 0.1) is 12.9 Å². The molecule has 0 spiro atoms. The summed E-state index contributed by atoms with van der Waals surface area (Å²) in [5.41, 5.74) is 0.972. The highest BCUT2D eigenvalue weighted by molar-refractivity contribution is 5.68. The fraction of sp³-hybridized carbons (Fsp3) is 0.250. The predicted octanol–water partition coefficient (Wildman–Crippen LogP) is 2.46. The average molecular weight is 221 g/mol. The van der Waals surface area contributed by atoms with Gasteiger partial charge in [-0.2, -0.15) is 0 Å². The highest BCUT2D eigenvalue weighted by atomic mass is 16.6. The number of hydrogen-bond donors (Lipinski definition) is 1. The number of alkyl carbamates (subject to hydrolysis) is 1. The van der Waals surface area contributed by atoms with Gasteiger partial charge < -0.3 is 14.8 Å². The first kappa shape index (κ1) is 12.1. The molecular weight excluding hydrogens is 206 g/mol. The Labute approximate surface area is 94.9 Å². The fourth-order valence-electron chi connectivity index (χ4n) is 1.11. The number of rotatable bonds is 4. The lowest BCUT2D eigenvalue weighted by Crippen LogP contribution is -2.22. The summed E-state index contributed by atoms with van der Waals surface area (Å²) in [5, 5.41) is 2.60. The lowest BCUT2D eigenvalue weighted by atomic mass is 10.2. The molecule has 0 aliphatic carbocycles. The molecule has 0 saturated heterocycles. The monoisotopic (exact) mass is 221 g/mol. The van der Waals surface area contributed by atoms with Crippen LogP contribution in [-0.2, 0) is 11.3 Å².